The van der Waals surface area contributed by atoms with E-state index in [1.54, 1.807) is 0 Å². The average Bonchev–Trinajstić information content (AvgIpc) is 2.75. The van der Waals surface area contributed by atoms with Gasteiger partial charge in [0.25, 0.3) is 0 Å². The van der Waals surface area contributed by atoms with Gasteiger partial charge in [0, 0.05) is 12.6 Å². The van der Waals surface area contributed by atoms with Gasteiger partial charge in [-0.25, -0.2) is 0 Å². The Bertz CT molecular complexity index is 214. The van der Waals surface area contributed by atoms with E-state index in [1.807, 2.05) is 0 Å². The lowest BCUT2D eigenvalue weighted by molar-refractivity contribution is 0.214. The van der Waals surface area contributed by atoms with E-state index in [9.17, 15) is 0 Å². The van der Waals surface area contributed by atoms with Crippen LogP contribution < -0.4 is 5.73 Å². The molecule has 1 aliphatic rings. The number of hydrogen-bond acceptors (Lipinski definition) is 3. The lowest BCUT2D eigenvalue weighted by Crippen LogP contribution is -2.37. The van der Waals surface area contributed by atoms with Gasteiger partial charge in [0.05, 0.1) is 0 Å². The van der Waals surface area contributed by atoms with Gasteiger partial charge in [-0.1, -0.05) is 19.8 Å². The van der Waals surface area contributed by atoms with Crippen molar-refractivity contribution in [3.8, 4) is 0 Å². The summed E-state index contributed by atoms with van der Waals surface area (Å²) in [6.45, 7) is 6.91. The van der Waals surface area contributed by atoms with Gasteiger partial charge in [-0.05, 0) is 71.8 Å². The Morgan fingerprint density at radius 3 is 2.68 bits per heavy atom. The molecule has 0 saturated carbocycles. The van der Waals surface area contributed by atoms with Crippen molar-refractivity contribution >= 4 is 0 Å². The highest BCUT2D eigenvalue weighted by atomic mass is 15.2. The zero-order chi connectivity index (χ0) is 14.1. The van der Waals surface area contributed by atoms with Crippen LogP contribution in [0.2, 0.25) is 0 Å². The predicted molar refractivity (Wildman–Crippen MR) is 84.5 cm³/mol. The van der Waals surface area contributed by atoms with Crippen molar-refractivity contribution in [2.75, 3.05) is 40.3 Å². The minimum absolute atomic E-state index is 0.792. The second-order valence-electron chi connectivity index (χ2n) is 6.41. The first kappa shape index (κ1) is 16.9. The van der Waals surface area contributed by atoms with Gasteiger partial charge in [0.15, 0.2) is 0 Å². The Morgan fingerprint density at radius 1 is 1.32 bits per heavy atom. The molecule has 3 heteroatoms. The first-order valence-electron chi connectivity index (χ1n) is 8.26. The molecule has 2 N–H and O–H groups in total. The first-order valence-corrected chi connectivity index (χ1v) is 8.26. The maximum Gasteiger partial charge on any atom is 0.0220 e. The standard InChI is InChI=1S/C16H35N3/c1-4-7-15(10-11-17)8-5-12-18(2)14-16-9-6-13-19(16)3/h15-16H,4-14,17H2,1-3H3. The van der Waals surface area contributed by atoms with Gasteiger partial charge in [0.2, 0.25) is 0 Å². The van der Waals surface area contributed by atoms with Crippen LogP contribution in [0.5, 0.6) is 0 Å². The maximum absolute atomic E-state index is 5.70. The first-order chi connectivity index (χ1) is 9.17. The van der Waals surface area contributed by atoms with Gasteiger partial charge < -0.3 is 15.5 Å². The summed E-state index contributed by atoms with van der Waals surface area (Å²) in [5.41, 5.74) is 5.70. The van der Waals surface area contributed by atoms with Crippen LogP contribution in [0.3, 0.4) is 0 Å². The number of nitrogens with zero attached hydrogens (tertiary/aromatic N) is 2. The molecular formula is C16H35N3. The highest BCUT2D eigenvalue weighted by Gasteiger charge is 2.21. The minimum Gasteiger partial charge on any atom is -0.330 e. The molecule has 0 aromatic heterocycles. The van der Waals surface area contributed by atoms with E-state index in [2.05, 4.69) is 30.8 Å². The molecule has 0 radical (unpaired) electrons. The van der Waals surface area contributed by atoms with E-state index in [4.69, 9.17) is 5.73 Å². The Balaban J connectivity index is 2.12. The van der Waals surface area contributed by atoms with Gasteiger partial charge >= 0.3 is 0 Å². The number of nitrogens with two attached hydrogens (primary N) is 1. The van der Waals surface area contributed by atoms with Crippen molar-refractivity contribution < 1.29 is 0 Å². The molecule has 2 atom stereocenters. The fourth-order valence-electron chi connectivity index (χ4n) is 3.39. The molecule has 19 heavy (non-hydrogen) atoms. The zero-order valence-corrected chi connectivity index (χ0v) is 13.4. The second-order valence-corrected chi connectivity index (χ2v) is 6.41. The summed E-state index contributed by atoms with van der Waals surface area (Å²) >= 11 is 0. The van der Waals surface area contributed by atoms with Crippen molar-refractivity contribution in [3.05, 3.63) is 0 Å². The molecule has 114 valence electrons. The molecule has 0 bridgehead atoms. The van der Waals surface area contributed by atoms with Crippen LogP contribution in [0.1, 0.15) is 51.9 Å². The lowest BCUT2D eigenvalue weighted by Gasteiger charge is -2.26. The van der Waals surface area contributed by atoms with Crippen molar-refractivity contribution in [1.82, 2.24) is 9.80 Å². The largest absolute Gasteiger partial charge is 0.330 e. The molecule has 1 heterocycles. The highest BCUT2D eigenvalue weighted by Crippen LogP contribution is 2.18. The predicted octanol–water partition coefficient (Wildman–Crippen LogP) is 2.56. The fraction of sp³-hybridized carbons (Fsp3) is 1.00. The Morgan fingerprint density at radius 2 is 2.11 bits per heavy atom. The van der Waals surface area contributed by atoms with Gasteiger partial charge in [-0.15, -0.1) is 0 Å². The third-order valence-corrected chi connectivity index (χ3v) is 4.62. The fourth-order valence-corrected chi connectivity index (χ4v) is 3.39. The average molecular weight is 269 g/mol. The van der Waals surface area contributed by atoms with Crippen LogP contribution >= 0.6 is 0 Å². The smallest absolute Gasteiger partial charge is 0.0220 e. The summed E-state index contributed by atoms with van der Waals surface area (Å²) in [5.74, 6) is 0.859. The zero-order valence-electron chi connectivity index (χ0n) is 13.4. The summed E-state index contributed by atoms with van der Waals surface area (Å²) in [4.78, 5) is 5.04. The molecule has 0 aliphatic carbocycles. The summed E-state index contributed by atoms with van der Waals surface area (Å²) in [7, 11) is 4.55. The van der Waals surface area contributed by atoms with Crippen molar-refractivity contribution in [2.24, 2.45) is 11.7 Å². The molecule has 3 nitrogen and oxygen atoms in total. The molecule has 2 unspecified atom stereocenters. The Kier molecular flexibility index (Phi) is 8.67. The topological polar surface area (TPSA) is 32.5 Å². The summed E-state index contributed by atoms with van der Waals surface area (Å²) in [5, 5.41) is 0. The Hall–Kier alpha value is -0.120. The molecular weight excluding hydrogens is 234 g/mol. The maximum atomic E-state index is 5.70. The van der Waals surface area contributed by atoms with E-state index >= 15 is 0 Å². The van der Waals surface area contributed by atoms with Gasteiger partial charge in [0.1, 0.15) is 0 Å². The molecule has 1 rings (SSSR count). The van der Waals surface area contributed by atoms with E-state index in [0.717, 1.165) is 18.5 Å². The van der Waals surface area contributed by atoms with Crippen LogP contribution in [0.25, 0.3) is 0 Å². The normalized spacial score (nSPS) is 22.3. The number of hydrogen-bond donors (Lipinski definition) is 1. The highest BCUT2D eigenvalue weighted by molar-refractivity contribution is 4.78. The lowest BCUT2D eigenvalue weighted by atomic mass is 9.94. The van der Waals surface area contributed by atoms with E-state index in [-0.39, 0.29) is 0 Å². The summed E-state index contributed by atoms with van der Waals surface area (Å²) in [6, 6.07) is 0.792. The van der Waals surface area contributed by atoms with E-state index in [0.29, 0.717) is 0 Å². The summed E-state index contributed by atoms with van der Waals surface area (Å²) in [6.07, 6.45) is 9.31. The molecule has 1 fully saturated rings. The van der Waals surface area contributed by atoms with E-state index in [1.165, 1.54) is 64.6 Å². The van der Waals surface area contributed by atoms with Crippen LogP contribution in [-0.2, 0) is 0 Å². The molecule has 1 aliphatic heterocycles. The van der Waals surface area contributed by atoms with Crippen LogP contribution in [0.15, 0.2) is 0 Å². The van der Waals surface area contributed by atoms with Crippen molar-refractivity contribution in [3.63, 3.8) is 0 Å². The number of likely N-dealkylation sites (N-methyl/N-ethyl adjacent to an activating group) is 2. The van der Waals surface area contributed by atoms with Gasteiger partial charge in [-0.2, -0.15) is 0 Å². The SMILES string of the molecule is CCCC(CCN)CCCN(C)CC1CCCN1C. The quantitative estimate of drug-likeness (QED) is 0.661. The molecule has 0 aromatic carbocycles. The molecule has 0 spiro atoms. The van der Waals surface area contributed by atoms with Crippen LogP contribution in [0, 0.1) is 5.92 Å². The monoisotopic (exact) mass is 269 g/mol. The summed E-state index contributed by atoms with van der Waals surface area (Å²) < 4.78 is 0. The third-order valence-electron chi connectivity index (χ3n) is 4.62. The van der Waals surface area contributed by atoms with E-state index < -0.39 is 0 Å². The second kappa shape index (κ2) is 9.73. The minimum atomic E-state index is 0.792. The van der Waals surface area contributed by atoms with Gasteiger partial charge in [-0.3, -0.25) is 0 Å². The number of rotatable bonds is 10. The number of likely N-dealkylation sites (tertiary alicyclic amines) is 1. The van der Waals surface area contributed by atoms with Crippen LogP contribution in [0.4, 0.5) is 0 Å². The third kappa shape index (κ3) is 6.73. The molecule has 1 saturated heterocycles. The van der Waals surface area contributed by atoms with Crippen molar-refractivity contribution in [1.29, 1.82) is 0 Å². The Labute approximate surface area is 120 Å². The van der Waals surface area contributed by atoms with Crippen LogP contribution in [-0.4, -0.2) is 56.1 Å². The molecule has 0 aromatic rings. The van der Waals surface area contributed by atoms with Crippen molar-refractivity contribution in [2.45, 2.75) is 57.9 Å². The molecule has 0 amide bonds.